The van der Waals surface area contributed by atoms with Crippen molar-refractivity contribution in [1.29, 1.82) is 0 Å². The molecule has 0 radical (unpaired) electrons. The van der Waals surface area contributed by atoms with E-state index >= 15 is 0 Å². The first-order valence-electron chi connectivity index (χ1n) is 7.25. The van der Waals surface area contributed by atoms with E-state index in [4.69, 9.17) is 5.73 Å². The Bertz CT molecular complexity index is 257. The van der Waals surface area contributed by atoms with Gasteiger partial charge in [-0.1, -0.05) is 41.0 Å². The van der Waals surface area contributed by atoms with Crippen LogP contribution in [0.15, 0.2) is 0 Å². The molecular formula is C15H33ClN2O. The van der Waals surface area contributed by atoms with E-state index in [0.29, 0.717) is 30.7 Å². The number of halogens is 1. The second kappa shape index (κ2) is 9.60. The van der Waals surface area contributed by atoms with Gasteiger partial charge in [-0.2, -0.15) is 0 Å². The standard InChI is InChI=1S/C15H32N2O.ClH/c1-7-13(12(4)5)8-14(18)17-15(6,10-16)9-11(2)3;/h11-13H,7-10,16H2,1-6H3,(H,17,18);1H. The predicted octanol–water partition coefficient (Wildman–Crippen LogP) is 3.36. The van der Waals surface area contributed by atoms with E-state index in [1.807, 2.05) is 6.92 Å². The molecule has 2 unspecified atom stereocenters. The maximum Gasteiger partial charge on any atom is 0.220 e. The van der Waals surface area contributed by atoms with E-state index in [1.165, 1.54) is 0 Å². The summed E-state index contributed by atoms with van der Waals surface area (Å²) in [7, 11) is 0. The summed E-state index contributed by atoms with van der Waals surface area (Å²) in [4.78, 5) is 12.1. The van der Waals surface area contributed by atoms with Crippen molar-refractivity contribution < 1.29 is 4.79 Å². The number of amides is 1. The Balaban J connectivity index is 0. The number of nitrogens with two attached hydrogens (primary N) is 1. The molecule has 0 saturated carbocycles. The maximum absolute atomic E-state index is 12.1. The van der Waals surface area contributed by atoms with Gasteiger partial charge in [0.15, 0.2) is 0 Å². The van der Waals surface area contributed by atoms with Crippen molar-refractivity contribution in [1.82, 2.24) is 5.32 Å². The molecule has 0 aliphatic heterocycles. The van der Waals surface area contributed by atoms with E-state index in [-0.39, 0.29) is 23.9 Å². The Kier molecular flexibility index (Phi) is 10.6. The van der Waals surface area contributed by atoms with Crippen molar-refractivity contribution in [3.8, 4) is 0 Å². The molecule has 0 aromatic heterocycles. The second-order valence-electron chi connectivity index (χ2n) is 6.53. The highest BCUT2D eigenvalue weighted by atomic mass is 35.5. The van der Waals surface area contributed by atoms with Crippen LogP contribution in [0.3, 0.4) is 0 Å². The van der Waals surface area contributed by atoms with Crippen molar-refractivity contribution in [3.05, 3.63) is 0 Å². The fourth-order valence-electron chi connectivity index (χ4n) is 2.56. The number of hydrogen-bond donors (Lipinski definition) is 2. The molecule has 0 fully saturated rings. The van der Waals surface area contributed by atoms with Crippen LogP contribution in [0, 0.1) is 17.8 Å². The summed E-state index contributed by atoms with van der Waals surface area (Å²) in [6.45, 7) is 13.4. The molecule has 0 aromatic carbocycles. The van der Waals surface area contributed by atoms with Gasteiger partial charge in [-0.05, 0) is 31.1 Å². The first kappa shape index (κ1) is 21.0. The van der Waals surface area contributed by atoms with Gasteiger partial charge >= 0.3 is 0 Å². The van der Waals surface area contributed by atoms with E-state index in [1.54, 1.807) is 0 Å². The molecular weight excluding hydrogens is 260 g/mol. The topological polar surface area (TPSA) is 55.1 Å². The lowest BCUT2D eigenvalue weighted by Crippen LogP contribution is -2.52. The van der Waals surface area contributed by atoms with Gasteiger partial charge in [0.05, 0.1) is 0 Å². The van der Waals surface area contributed by atoms with Crippen LogP contribution in [0.5, 0.6) is 0 Å². The van der Waals surface area contributed by atoms with Gasteiger partial charge in [0.25, 0.3) is 0 Å². The minimum Gasteiger partial charge on any atom is -0.350 e. The van der Waals surface area contributed by atoms with E-state index in [9.17, 15) is 4.79 Å². The molecule has 3 nitrogen and oxygen atoms in total. The molecule has 116 valence electrons. The number of carbonyl (C=O) groups is 1. The zero-order chi connectivity index (χ0) is 14.3. The van der Waals surface area contributed by atoms with Crippen molar-refractivity contribution >= 4 is 18.3 Å². The average Bonchev–Trinajstić information content (AvgIpc) is 2.24. The normalized spacial score (nSPS) is 15.8. The summed E-state index contributed by atoms with van der Waals surface area (Å²) >= 11 is 0. The molecule has 0 heterocycles. The molecule has 0 saturated heterocycles. The Hall–Kier alpha value is -0.280. The summed E-state index contributed by atoms with van der Waals surface area (Å²) < 4.78 is 0. The summed E-state index contributed by atoms with van der Waals surface area (Å²) in [5, 5.41) is 3.13. The van der Waals surface area contributed by atoms with Gasteiger partial charge < -0.3 is 11.1 Å². The minimum absolute atomic E-state index is 0. The number of rotatable bonds is 8. The quantitative estimate of drug-likeness (QED) is 0.721. The van der Waals surface area contributed by atoms with Crippen LogP contribution >= 0.6 is 12.4 Å². The van der Waals surface area contributed by atoms with E-state index < -0.39 is 0 Å². The lowest BCUT2D eigenvalue weighted by Gasteiger charge is -2.32. The monoisotopic (exact) mass is 292 g/mol. The number of carbonyl (C=O) groups excluding carboxylic acids is 1. The zero-order valence-electron chi connectivity index (χ0n) is 13.5. The highest BCUT2D eigenvalue weighted by molar-refractivity contribution is 5.85. The molecule has 1 amide bonds. The smallest absolute Gasteiger partial charge is 0.220 e. The van der Waals surface area contributed by atoms with E-state index in [0.717, 1.165) is 12.8 Å². The first-order valence-corrected chi connectivity index (χ1v) is 7.25. The van der Waals surface area contributed by atoms with Crippen LogP contribution in [-0.4, -0.2) is 18.0 Å². The predicted molar refractivity (Wildman–Crippen MR) is 85.5 cm³/mol. The third-order valence-corrected chi connectivity index (χ3v) is 3.67. The van der Waals surface area contributed by atoms with Crippen LogP contribution < -0.4 is 11.1 Å². The van der Waals surface area contributed by atoms with Gasteiger partial charge in [-0.3, -0.25) is 4.79 Å². The molecule has 0 aliphatic rings. The molecule has 0 aromatic rings. The van der Waals surface area contributed by atoms with Crippen molar-refractivity contribution in [2.45, 2.75) is 66.3 Å². The Morgan fingerprint density at radius 2 is 1.79 bits per heavy atom. The molecule has 0 rings (SSSR count). The fourth-order valence-corrected chi connectivity index (χ4v) is 2.56. The fraction of sp³-hybridized carbons (Fsp3) is 0.933. The molecule has 0 aliphatic carbocycles. The summed E-state index contributed by atoms with van der Waals surface area (Å²) in [5.41, 5.74) is 5.55. The van der Waals surface area contributed by atoms with E-state index in [2.05, 4.69) is 39.9 Å². The molecule has 4 heteroatoms. The van der Waals surface area contributed by atoms with Crippen LogP contribution in [0.4, 0.5) is 0 Å². The lowest BCUT2D eigenvalue weighted by atomic mass is 9.87. The van der Waals surface area contributed by atoms with Crippen LogP contribution in [0.1, 0.15) is 60.8 Å². The Morgan fingerprint density at radius 3 is 2.11 bits per heavy atom. The molecule has 0 bridgehead atoms. The average molecular weight is 293 g/mol. The van der Waals surface area contributed by atoms with Crippen LogP contribution in [-0.2, 0) is 4.79 Å². The third-order valence-electron chi connectivity index (χ3n) is 3.67. The van der Waals surface area contributed by atoms with Gasteiger partial charge in [0.1, 0.15) is 0 Å². The zero-order valence-corrected chi connectivity index (χ0v) is 14.3. The molecule has 19 heavy (non-hydrogen) atoms. The van der Waals surface area contributed by atoms with Crippen molar-refractivity contribution in [3.63, 3.8) is 0 Å². The van der Waals surface area contributed by atoms with Crippen LogP contribution in [0.2, 0.25) is 0 Å². The Labute approximate surface area is 125 Å². The first-order chi connectivity index (χ1) is 8.24. The molecule has 0 spiro atoms. The van der Waals surface area contributed by atoms with Gasteiger partial charge in [-0.15, -0.1) is 12.4 Å². The van der Waals surface area contributed by atoms with Crippen molar-refractivity contribution in [2.24, 2.45) is 23.5 Å². The lowest BCUT2D eigenvalue weighted by molar-refractivity contribution is -0.124. The summed E-state index contributed by atoms with van der Waals surface area (Å²) in [5.74, 6) is 1.69. The highest BCUT2D eigenvalue weighted by Gasteiger charge is 2.27. The number of nitrogens with one attached hydrogen (secondary N) is 1. The Morgan fingerprint density at radius 1 is 1.26 bits per heavy atom. The van der Waals surface area contributed by atoms with Gasteiger partial charge in [-0.25, -0.2) is 0 Å². The summed E-state index contributed by atoms with van der Waals surface area (Å²) in [6.07, 6.45) is 2.59. The van der Waals surface area contributed by atoms with Gasteiger partial charge in [0, 0.05) is 18.5 Å². The second-order valence-corrected chi connectivity index (χ2v) is 6.53. The minimum atomic E-state index is -0.263. The highest BCUT2D eigenvalue weighted by Crippen LogP contribution is 2.20. The molecule has 3 N–H and O–H groups in total. The van der Waals surface area contributed by atoms with Crippen molar-refractivity contribution in [2.75, 3.05) is 6.54 Å². The van der Waals surface area contributed by atoms with Crippen LogP contribution in [0.25, 0.3) is 0 Å². The van der Waals surface area contributed by atoms with Gasteiger partial charge in [0.2, 0.25) is 5.91 Å². The summed E-state index contributed by atoms with van der Waals surface area (Å²) in [6, 6.07) is 0. The SMILES string of the molecule is CCC(CC(=O)NC(C)(CN)CC(C)C)C(C)C.Cl. The molecule has 2 atom stereocenters. The largest absolute Gasteiger partial charge is 0.350 e. The third kappa shape index (κ3) is 8.48. The maximum atomic E-state index is 12.1. The number of hydrogen-bond acceptors (Lipinski definition) is 2.